The summed E-state index contributed by atoms with van der Waals surface area (Å²) in [6.07, 6.45) is 1.46. The standard InChI is InChI=1S/C22H16ClNO4/c1-13-12-15(23)9-10-16(13)24-19(17-8-5-11-28-17)18(21(26)22(24)27)20(25)14-6-3-2-4-7-14/h2-12,19,25H,1H3/b20-18-. The molecule has 1 aliphatic rings. The van der Waals surface area contributed by atoms with E-state index in [2.05, 4.69) is 0 Å². The molecule has 0 bridgehead atoms. The number of carbonyl (C=O) groups is 2. The van der Waals surface area contributed by atoms with Gasteiger partial charge in [0, 0.05) is 16.3 Å². The summed E-state index contributed by atoms with van der Waals surface area (Å²) in [4.78, 5) is 27.2. The Bertz CT molecular complexity index is 1090. The number of rotatable bonds is 3. The van der Waals surface area contributed by atoms with E-state index in [0.29, 0.717) is 22.0 Å². The molecule has 0 saturated carbocycles. The first-order valence-corrected chi connectivity index (χ1v) is 9.03. The monoisotopic (exact) mass is 393 g/mol. The Kier molecular flexibility index (Phi) is 4.53. The second-order valence-electron chi connectivity index (χ2n) is 6.48. The lowest BCUT2D eigenvalue weighted by Gasteiger charge is -2.25. The van der Waals surface area contributed by atoms with Gasteiger partial charge >= 0.3 is 0 Å². The molecule has 1 fully saturated rings. The lowest BCUT2D eigenvalue weighted by Crippen LogP contribution is -2.29. The molecular weight excluding hydrogens is 378 g/mol. The Labute approximate surface area is 166 Å². The van der Waals surface area contributed by atoms with E-state index < -0.39 is 17.7 Å². The normalized spacial score (nSPS) is 18.6. The van der Waals surface area contributed by atoms with Crippen molar-refractivity contribution >= 4 is 34.7 Å². The van der Waals surface area contributed by atoms with Gasteiger partial charge in [-0.05, 0) is 42.8 Å². The number of aliphatic hydroxyl groups is 1. The molecule has 28 heavy (non-hydrogen) atoms. The van der Waals surface area contributed by atoms with Crippen LogP contribution in [0.2, 0.25) is 5.02 Å². The van der Waals surface area contributed by atoms with Gasteiger partial charge in [-0.1, -0.05) is 41.9 Å². The lowest BCUT2D eigenvalue weighted by molar-refractivity contribution is -0.132. The lowest BCUT2D eigenvalue weighted by atomic mass is 9.99. The highest BCUT2D eigenvalue weighted by atomic mass is 35.5. The first kappa shape index (κ1) is 18.1. The summed E-state index contributed by atoms with van der Waals surface area (Å²) in [7, 11) is 0. The number of anilines is 1. The number of aryl methyl sites for hydroxylation is 1. The summed E-state index contributed by atoms with van der Waals surface area (Å²) in [5, 5.41) is 11.4. The van der Waals surface area contributed by atoms with Crippen molar-refractivity contribution in [2.24, 2.45) is 0 Å². The van der Waals surface area contributed by atoms with E-state index in [4.69, 9.17) is 16.0 Å². The van der Waals surface area contributed by atoms with Gasteiger partial charge in [0.15, 0.2) is 0 Å². The second-order valence-corrected chi connectivity index (χ2v) is 6.92. The van der Waals surface area contributed by atoms with Crippen LogP contribution in [0.1, 0.15) is 22.9 Å². The van der Waals surface area contributed by atoms with Crippen molar-refractivity contribution in [2.75, 3.05) is 4.90 Å². The van der Waals surface area contributed by atoms with E-state index in [-0.39, 0.29) is 11.3 Å². The Morgan fingerprint density at radius 1 is 1.07 bits per heavy atom. The molecule has 1 N–H and O–H groups in total. The molecule has 1 saturated heterocycles. The van der Waals surface area contributed by atoms with E-state index in [1.807, 2.05) is 0 Å². The minimum Gasteiger partial charge on any atom is -0.507 e. The zero-order valence-corrected chi connectivity index (χ0v) is 15.7. The average Bonchev–Trinajstić information content (AvgIpc) is 3.30. The van der Waals surface area contributed by atoms with Crippen LogP contribution in [0, 0.1) is 6.92 Å². The van der Waals surface area contributed by atoms with Crippen LogP contribution in [-0.4, -0.2) is 16.8 Å². The summed E-state index contributed by atoms with van der Waals surface area (Å²) in [6, 6.07) is 16.2. The minimum atomic E-state index is -0.880. The number of nitrogens with zero attached hydrogens (tertiary/aromatic N) is 1. The maximum absolute atomic E-state index is 13.0. The third-order valence-corrected chi connectivity index (χ3v) is 4.96. The number of ketones is 1. The summed E-state index contributed by atoms with van der Waals surface area (Å²) in [6.45, 7) is 1.80. The summed E-state index contributed by atoms with van der Waals surface area (Å²) >= 11 is 6.05. The Morgan fingerprint density at radius 3 is 2.46 bits per heavy atom. The van der Waals surface area contributed by atoms with E-state index >= 15 is 0 Å². The average molecular weight is 394 g/mol. The van der Waals surface area contributed by atoms with Crippen LogP contribution >= 0.6 is 11.6 Å². The second kappa shape index (κ2) is 7.02. The first-order valence-electron chi connectivity index (χ1n) is 8.65. The van der Waals surface area contributed by atoms with Gasteiger partial charge in [-0.2, -0.15) is 0 Å². The maximum Gasteiger partial charge on any atom is 0.300 e. The number of amides is 1. The van der Waals surface area contributed by atoms with Crippen molar-refractivity contribution in [1.82, 2.24) is 0 Å². The molecule has 4 rings (SSSR count). The fraction of sp³-hybridized carbons (Fsp3) is 0.0909. The van der Waals surface area contributed by atoms with E-state index in [1.165, 1.54) is 11.2 Å². The molecule has 0 spiro atoms. The van der Waals surface area contributed by atoms with Gasteiger partial charge in [0.1, 0.15) is 17.6 Å². The highest BCUT2D eigenvalue weighted by Crippen LogP contribution is 2.43. The van der Waals surface area contributed by atoms with Crippen LogP contribution in [0.25, 0.3) is 5.76 Å². The fourth-order valence-corrected chi connectivity index (χ4v) is 3.66. The topological polar surface area (TPSA) is 70.8 Å². The van der Waals surface area contributed by atoms with Gasteiger partial charge in [0.25, 0.3) is 11.7 Å². The van der Waals surface area contributed by atoms with Gasteiger partial charge in [-0.3, -0.25) is 14.5 Å². The van der Waals surface area contributed by atoms with E-state index in [1.54, 1.807) is 67.6 Å². The van der Waals surface area contributed by atoms with Crippen LogP contribution in [0.4, 0.5) is 5.69 Å². The number of aliphatic hydroxyl groups excluding tert-OH is 1. The highest BCUT2D eigenvalue weighted by molar-refractivity contribution is 6.51. The molecule has 1 unspecified atom stereocenters. The predicted molar refractivity (Wildman–Crippen MR) is 106 cm³/mol. The molecule has 1 atom stereocenters. The molecule has 2 heterocycles. The van der Waals surface area contributed by atoms with Crippen LogP contribution in [0.3, 0.4) is 0 Å². The highest BCUT2D eigenvalue weighted by Gasteiger charge is 2.48. The van der Waals surface area contributed by atoms with Gasteiger partial charge in [0.05, 0.1) is 11.8 Å². The van der Waals surface area contributed by atoms with Crippen molar-refractivity contribution in [3.63, 3.8) is 0 Å². The third kappa shape index (κ3) is 2.90. The van der Waals surface area contributed by atoms with Crippen molar-refractivity contribution < 1.29 is 19.1 Å². The SMILES string of the molecule is Cc1cc(Cl)ccc1N1C(=O)C(=O)/C(=C(\O)c2ccccc2)C1c1ccco1. The van der Waals surface area contributed by atoms with Crippen LogP contribution in [0.5, 0.6) is 0 Å². The molecule has 1 amide bonds. The first-order chi connectivity index (χ1) is 13.5. The maximum atomic E-state index is 13.0. The molecule has 2 aromatic carbocycles. The van der Waals surface area contributed by atoms with Crippen molar-refractivity contribution in [3.05, 3.63) is 94.4 Å². The van der Waals surface area contributed by atoms with Crippen LogP contribution in [-0.2, 0) is 9.59 Å². The van der Waals surface area contributed by atoms with E-state index in [0.717, 1.165) is 5.56 Å². The van der Waals surface area contributed by atoms with Crippen LogP contribution in [0.15, 0.2) is 76.9 Å². The largest absolute Gasteiger partial charge is 0.507 e. The van der Waals surface area contributed by atoms with Crippen molar-refractivity contribution in [1.29, 1.82) is 0 Å². The van der Waals surface area contributed by atoms with Gasteiger partial charge in [-0.25, -0.2) is 0 Å². The van der Waals surface area contributed by atoms with Gasteiger partial charge in [-0.15, -0.1) is 0 Å². The molecule has 5 nitrogen and oxygen atoms in total. The Morgan fingerprint density at radius 2 is 1.82 bits per heavy atom. The predicted octanol–water partition coefficient (Wildman–Crippen LogP) is 4.87. The van der Waals surface area contributed by atoms with Crippen molar-refractivity contribution in [3.8, 4) is 0 Å². The van der Waals surface area contributed by atoms with E-state index in [9.17, 15) is 14.7 Å². The number of halogens is 1. The molecule has 140 valence electrons. The number of benzene rings is 2. The number of hydrogen-bond acceptors (Lipinski definition) is 4. The molecule has 1 aliphatic heterocycles. The molecule has 1 aromatic heterocycles. The zero-order valence-electron chi connectivity index (χ0n) is 14.9. The fourth-order valence-electron chi connectivity index (χ4n) is 3.44. The molecular formula is C22H16ClNO4. The Hall–Kier alpha value is -3.31. The van der Waals surface area contributed by atoms with Gasteiger partial charge in [0.2, 0.25) is 0 Å². The molecule has 3 aromatic rings. The third-order valence-electron chi connectivity index (χ3n) is 4.72. The number of hydrogen-bond donors (Lipinski definition) is 1. The van der Waals surface area contributed by atoms with Gasteiger partial charge < -0.3 is 9.52 Å². The number of carbonyl (C=O) groups excluding carboxylic acids is 2. The number of Topliss-reactive ketones (excluding diaryl/α,β-unsaturated/α-hetero) is 1. The molecule has 0 aliphatic carbocycles. The summed E-state index contributed by atoms with van der Waals surface area (Å²) < 4.78 is 5.53. The molecule has 6 heteroatoms. The summed E-state index contributed by atoms with van der Waals surface area (Å²) in [5.74, 6) is -1.36. The van der Waals surface area contributed by atoms with Crippen LogP contribution < -0.4 is 4.90 Å². The zero-order chi connectivity index (χ0) is 19.8. The summed E-state index contributed by atoms with van der Waals surface area (Å²) in [5.41, 5.74) is 1.69. The Balaban J connectivity index is 1.95. The molecule has 0 radical (unpaired) electrons. The number of furan rings is 1. The minimum absolute atomic E-state index is 0.0134. The van der Waals surface area contributed by atoms with Crippen molar-refractivity contribution in [2.45, 2.75) is 13.0 Å². The smallest absolute Gasteiger partial charge is 0.300 e. The quantitative estimate of drug-likeness (QED) is 0.391.